The number of hydrogen-bond acceptors (Lipinski definition) is 3. The smallest absolute Gasteiger partial charge is 0.198 e. The quantitative estimate of drug-likeness (QED) is 0.843. The van der Waals surface area contributed by atoms with Crippen molar-refractivity contribution in [2.45, 2.75) is 18.9 Å². The Bertz CT molecular complexity index is 765. The van der Waals surface area contributed by atoms with Crippen LogP contribution in [-0.2, 0) is 0 Å². The Kier molecular flexibility index (Phi) is 2.70. The highest BCUT2D eigenvalue weighted by molar-refractivity contribution is 9.10. The van der Waals surface area contributed by atoms with Crippen molar-refractivity contribution in [2.24, 2.45) is 0 Å². The number of rotatable bonds is 2. The van der Waals surface area contributed by atoms with Crippen molar-refractivity contribution >= 4 is 32.8 Å². The van der Waals surface area contributed by atoms with Crippen LogP contribution in [0.15, 0.2) is 27.6 Å². The lowest BCUT2D eigenvalue weighted by Crippen LogP contribution is -2.30. The third-order valence-electron chi connectivity index (χ3n) is 3.23. The van der Waals surface area contributed by atoms with Crippen LogP contribution in [0.4, 0.5) is 4.39 Å². The van der Waals surface area contributed by atoms with Gasteiger partial charge in [0, 0.05) is 17.6 Å². The molecule has 0 spiro atoms. The van der Waals surface area contributed by atoms with Crippen LogP contribution in [-0.4, -0.2) is 10.5 Å². The highest BCUT2D eigenvalue weighted by Crippen LogP contribution is 2.37. The van der Waals surface area contributed by atoms with Crippen molar-refractivity contribution < 1.29 is 14.3 Å². The molecule has 98 valence electrons. The third-order valence-corrected chi connectivity index (χ3v) is 3.84. The zero-order valence-corrected chi connectivity index (χ0v) is 11.2. The van der Waals surface area contributed by atoms with Gasteiger partial charge in [-0.05, 0) is 40.9 Å². The summed E-state index contributed by atoms with van der Waals surface area (Å²) in [5, 5.41) is 11.0. The number of carboxylic acids is 1. The first-order valence-corrected chi connectivity index (χ1v) is 6.53. The second-order valence-corrected chi connectivity index (χ2v) is 5.44. The summed E-state index contributed by atoms with van der Waals surface area (Å²) in [7, 11) is 0. The Morgan fingerprint density at radius 2 is 2.11 bits per heavy atom. The maximum atomic E-state index is 13.6. The molecule has 0 aliphatic heterocycles. The monoisotopic (exact) mass is 324 g/mol. The van der Waals surface area contributed by atoms with Crippen molar-refractivity contribution in [3.63, 3.8) is 0 Å². The molecule has 3 rings (SSSR count). The third kappa shape index (κ3) is 1.96. The van der Waals surface area contributed by atoms with Gasteiger partial charge in [-0.1, -0.05) is 0 Å². The summed E-state index contributed by atoms with van der Waals surface area (Å²) in [6.45, 7) is 0. The Morgan fingerprint density at radius 3 is 2.68 bits per heavy atom. The summed E-state index contributed by atoms with van der Waals surface area (Å²) in [6.07, 6.45) is 3.13. The summed E-state index contributed by atoms with van der Waals surface area (Å²) < 4.78 is 15.5. The van der Waals surface area contributed by atoms with E-state index in [0.717, 1.165) is 18.9 Å². The standard InChI is InChI=1S/C13H9BrFNO3/c14-9-4-11-7(3-10(9)15)12(17)8(13(18)19)5-16(11)6-1-2-6/h3-6H,1-2H2,(H,18,19)/p-1. The van der Waals surface area contributed by atoms with E-state index in [2.05, 4.69) is 15.9 Å². The fourth-order valence-electron chi connectivity index (χ4n) is 2.14. The van der Waals surface area contributed by atoms with Gasteiger partial charge in [-0.2, -0.15) is 0 Å². The molecule has 1 saturated carbocycles. The fraction of sp³-hybridized carbons (Fsp3) is 0.231. The van der Waals surface area contributed by atoms with Gasteiger partial charge in [-0.15, -0.1) is 0 Å². The van der Waals surface area contributed by atoms with Crippen molar-refractivity contribution in [2.75, 3.05) is 0 Å². The van der Waals surface area contributed by atoms with Gasteiger partial charge < -0.3 is 14.5 Å². The van der Waals surface area contributed by atoms with E-state index in [4.69, 9.17) is 0 Å². The molecule has 1 fully saturated rings. The van der Waals surface area contributed by atoms with E-state index >= 15 is 0 Å². The van der Waals surface area contributed by atoms with Gasteiger partial charge in [0.2, 0.25) is 0 Å². The molecular formula is C13H8BrFNO3-. The van der Waals surface area contributed by atoms with E-state index in [9.17, 15) is 19.1 Å². The second kappa shape index (κ2) is 4.16. The summed E-state index contributed by atoms with van der Waals surface area (Å²) >= 11 is 3.07. The molecule has 0 amide bonds. The first-order chi connectivity index (χ1) is 8.99. The van der Waals surface area contributed by atoms with Crippen LogP contribution in [0.3, 0.4) is 0 Å². The Balaban J connectivity index is 2.45. The lowest BCUT2D eigenvalue weighted by atomic mass is 10.1. The lowest BCUT2D eigenvalue weighted by Gasteiger charge is -2.13. The van der Waals surface area contributed by atoms with Crippen molar-refractivity contribution in [3.8, 4) is 0 Å². The number of carbonyl (C=O) groups excluding carboxylic acids is 1. The number of aromatic nitrogens is 1. The molecule has 1 aliphatic carbocycles. The summed E-state index contributed by atoms with van der Waals surface area (Å²) in [5.41, 5.74) is -0.606. The van der Waals surface area contributed by atoms with Gasteiger partial charge in [0.1, 0.15) is 5.82 Å². The minimum atomic E-state index is -1.54. The first-order valence-electron chi connectivity index (χ1n) is 5.74. The highest BCUT2D eigenvalue weighted by atomic mass is 79.9. The molecule has 0 unspecified atom stereocenters. The number of pyridine rings is 1. The number of nitrogens with zero attached hydrogens (tertiary/aromatic N) is 1. The van der Waals surface area contributed by atoms with Crippen LogP contribution in [0.25, 0.3) is 10.9 Å². The molecule has 0 atom stereocenters. The molecule has 4 nitrogen and oxygen atoms in total. The lowest BCUT2D eigenvalue weighted by molar-refractivity contribution is -0.255. The first kappa shape index (κ1) is 12.3. The molecule has 0 bridgehead atoms. The maximum Gasteiger partial charge on any atom is 0.198 e. The van der Waals surface area contributed by atoms with Crippen molar-refractivity contribution in [1.82, 2.24) is 4.57 Å². The van der Waals surface area contributed by atoms with E-state index in [1.165, 1.54) is 12.3 Å². The second-order valence-electron chi connectivity index (χ2n) is 4.58. The summed E-state index contributed by atoms with van der Waals surface area (Å²) in [6, 6.07) is 2.73. The molecule has 2 aromatic rings. The number of carboxylic acid groups (broad SMARTS) is 1. The predicted molar refractivity (Wildman–Crippen MR) is 68.5 cm³/mol. The van der Waals surface area contributed by atoms with E-state index in [1.807, 2.05) is 0 Å². The Hall–Kier alpha value is -1.69. The van der Waals surface area contributed by atoms with Gasteiger partial charge in [-0.25, -0.2) is 4.39 Å². The molecule has 0 saturated heterocycles. The predicted octanol–water partition coefficient (Wildman–Crippen LogP) is 1.60. The van der Waals surface area contributed by atoms with Crippen LogP contribution < -0.4 is 10.5 Å². The van der Waals surface area contributed by atoms with Crippen LogP contribution in [0.2, 0.25) is 0 Å². The number of hydrogen-bond donors (Lipinski definition) is 0. The van der Waals surface area contributed by atoms with Gasteiger partial charge in [-0.3, -0.25) is 4.79 Å². The fourth-order valence-corrected chi connectivity index (χ4v) is 2.48. The molecule has 0 N–H and O–H groups in total. The zero-order valence-electron chi connectivity index (χ0n) is 9.65. The molecule has 1 aromatic heterocycles. The molecule has 1 heterocycles. The van der Waals surface area contributed by atoms with Crippen LogP contribution >= 0.6 is 15.9 Å². The van der Waals surface area contributed by atoms with E-state index in [1.54, 1.807) is 4.57 Å². The average molecular weight is 325 g/mol. The van der Waals surface area contributed by atoms with E-state index in [-0.39, 0.29) is 15.9 Å². The maximum absolute atomic E-state index is 13.6. The Labute approximate surface area is 115 Å². The van der Waals surface area contributed by atoms with Crippen molar-refractivity contribution in [3.05, 3.63) is 44.4 Å². The summed E-state index contributed by atoms with van der Waals surface area (Å²) in [5.74, 6) is -2.13. The zero-order chi connectivity index (χ0) is 13.7. The molecule has 0 radical (unpaired) electrons. The van der Waals surface area contributed by atoms with Gasteiger partial charge in [0.25, 0.3) is 0 Å². The highest BCUT2D eigenvalue weighted by Gasteiger charge is 2.26. The number of benzene rings is 1. The number of halogens is 2. The van der Waals surface area contributed by atoms with E-state index in [0.29, 0.717) is 5.52 Å². The molecular weight excluding hydrogens is 317 g/mol. The van der Waals surface area contributed by atoms with Crippen LogP contribution in [0, 0.1) is 5.82 Å². The topological polar surface area (TPSA) is 62.1 Å². The van der Waals surface area contributed by atoms with Crippen molar-refractivity contribution in [1.29, 1.82) is 0 Å². The van der Waals surface area contributed by atoms with Crippen LogP contribution in [0.1, 0.15) is 29.2 Å². The minimum Gasteiger partial charge on any atom is -0.545 e. The number of fused-ring (bicyclic) bond motifs is 1. The van der Waals surface area contributed by atoms with E-state index < -0.39 is 22.8 Å². The summed E-state index contributed by atoms with van der Waals surface area (Å²) in [4.78, 5) is 23.0. The minimum absolute atomic E-state index is 0.0642. The average Bonchev–Trinajstić information content (AvgIpc) is 3.16. The molecule has 1 aromatic carbocycles. The van der Waals surface area contributed by atoms with Gasteiger partial charge >= 0.3 is 0 Å². The normalized spacial score (nSPS) is 14.8. The molecule has 6 heteroatoms. The number of aromatic carboxylic acids is 1. The number of carbonyl (C=O) groups is 1. The van der Waals surface area contributed by atoms with Crippen LogP contribution in [0.5, 0.6) is 0 Å². The van der Waals surface area contributed by atoms with Gasteiger partial charge in [0.05, 0.1) is 21.5 Å². The van der Waals surface area contributed by atoms with Gasteiger partial charge in [0.15, 0.2) is 5.43 Å². The Morgan fingerprint density at radius 1 is 1.42 bits per heavy atom. The SMILES string of the molecule is O=C([O-])c1cn(C2CC2)c2cc(Br)c(F)cc2c1=O. The molecule has 1 aliphatic rings. The molecule has 19 heavy (non-hydrogen) atoms. The largest absolute Gasteiger partial charge is 0.545 e.